The first kappa shape index (κ1) is 13.4. The minimum atomic E-state index is -0.535. The molecule has 0 bridgehead atoms. The van der Waals surface area contributed by atoms with Crippen LogP contribution in [0.25, 0.3) is 28.1 Å². The van der Waals surface area contributed by atoms with Crippen molar-refractivity contribution in [1.82, 2.24) is 4.57 Å². The Bertz CT molecular complexity index is 1100. The van der Waals surface area contributed by atoms with E-state index in [0.717, 1.165) is 28.6 Å². The summed E-state index contributed by atoms with van der Waals surface area (Å²) in [5.74, 6) is -0.293. The van der Waals surface area contributed by atoms with Gasteiger partial charge in [-0.25, -0.2) is 13.3 Å². The second kappa shape index (κ2) is 4.74. The van der Waals surface area contributed by atoms with Gasteiger partial charge in [0.05, 0.1) is 0 Å². The molecular weight excluding hydrogens is 306 g/mol. The highest BCUT2D eigenvalue weighted by atomic mass is 19.1. The summed E-state index contributed by atoms with van der Waals surface area (Å²) in [4.78, 5) is 0. The van der Waals surface area contributed by atoms with E-state index in [4.69, 9.17) is 0 Å². The first-order valence-corrected chi connectivity index (χ1v) is 7.81. The van der Waals surface area contributed by atoms with Crippen LogP contribution in [0.15, 0.2) is 66.7 Å². The van der Waals surface area contributed by atoms with Crippen LogP contribution in [-0.4, -0.2) is 4.57 Å². The van der Waals surface area contributed by atoms with Gasteiger partial charge in [0, 0.05) is 11.6 Å². The van der Waals surface area contributed by atoms with Gasteiger partial charge in [-0.2, -0.15) is 4.57 Å². The molecule has 1 aliphatic heterocycles. The quantitative estimate of drug-likeness (QED) is 0.409. The lowest BCUT2D eigenvalue weighted by molar-refractivity contribution is -0.645. The summed E-state index contributed by atoms with van der Waals surface area (Å²) in [7, 11) is 0. The summed E-state index contributed by atoms with van der Waals surface area (Å²) in [6.45, 7) is 0.472. The first-order valence-electron chi connectivity index (χ1n) is 7.81. The minimum absolute atomic E-state index is 0.472. The lowest BCUT2D eigenvalue weighted by atomic mass is 10.1. The highest BCUT2D eigenvalue weighted by Crippen LogP contribution is 2.35. The van der Waals surface area contributed by atoms with Crippen LogP contribution >= 0.6 is 0 Å². The maximum Gasteiger partial charge on any atom is 0.298 e. The molecule has 0 atom stereocenters. The van der Waals surface area contributed by atoms with Gasteiger partial charge in [0.2, 0.25) is 0 Å². The molecule has 0 amide bonds. The molecule has 0 radical (unpaired) electrons. The number of halogens is 2. The lowest BCUT2D eigenvalue weighted by Crippen LogP contribution is -2.31. The molecule has 0 spiro atoms. The smallest absolute Gasteiger partial charge is 0.218 e. The lowest BCUT2D eigenvalue weighted by Gasteiger charge is -2.03. The summed E-state index contributed by atoms with van der Waals surface area (Å²) in [5.41, 5.74) is 4.13. The van der Waals surface area contributed by atoms with Crippen molar-refractivity contribution in [2.75, 3.05) is 0 Å². The highest BCUT2D eigenvalue weighted by Gasteiger charge is 2.37. The van der Waals surface area contributed by atoms with Crippen LogP contribution in [0.5, 0.6) is 0 Å². The van der Waals surface area contributed by atoms with Crippen molar-refractivity contribution in [3.8, 4) is 17.1 Å². The standard InChI is InChI=1S/C20H13F2N2/c21-14-10-13-12-23-17-8-4-5-9-18(17)24(15-6-2-1-3-7-15)20(23)19(13)16(22)11-14/h1-11H,12H2/q+1. The summed E-state index contributed by atoms with van der Waals surface area (Å²) in [6, 6.07) is 20.2. The Kier molecular flexibility index (Phi) is 2.65. The predicted molar refractivity (Wildman–Crippen MR) is 87.9 cm³/mol. The van der Waals surface area contributed by atoms with Crippen LogP contribution in [0.1, 0.15) is 5.56 Å². The number of hydrogen-bond donors (Lipinski definition) is 0. The molecule has 0 saturated carbocycles. The molecule has 0 unspecified atom stereocenters. The fraction of sp³-hybridized carbons (Fsp3) is 0.0500. The summed E-state index contributed by atoms with van der Waals surface area (Å²) in [5, 5.41) is 0. The topological polar surface area (TPSA) is 8.81 Å². The molecule has 4 heteroatoms. The molecule has 1 aromatic heterocycles. The number of benzene rings is 3. The molecule has 116 valence electrons. The van der Waals surface area contributed by atoms with E-state index >= 15 is 0 Å². The molecule has 0 aliphatic carbocycles. The monoisotopic (exact) mass is 319 g/mol. The number of rotatable bonds is 1. The minimum Gasteiger partial charge on any atom is -0.218 e. The fourth-order valence-corrected chi connectivity index (χ4v) is 3.65. The SMILES string of the molecule is Fc1cc(F)c2c(c1)C[n+]1c-2n(-c2ccccc2)c2ccccc21. The maximum absolute atomic E-state index is 14.6. The molecule has 5 rings (SSSR count). The summed E-state index contributed by atoms with van der Waals surface area (Å²) >= 11 is 0. The Balaban J connectivity index is 1.95. The van der Waals surface area contributed by atoms with Gasteiger partial charge in [-0.3, -0.25) is 0 Å². The number of imidazole rings is 1. The zero-order valence-corrected chi connectivity index (χ0v) is 12.7. The van der Waals surface area contributed by atoms with E-state index < -0.39 is 11.6 Å². The number of fused-ring (bicyclic) bond motifs is 5. The molecule has 1 aliphatic rings. The van der Waals surface area contributed by atoms with Gasteiger partial charge in [-0.05, 0) is 30.3 Å². The fourth-order valence-electron chi connectivity index (χ4n) is 3.65. The average Bonchev–Trinajstić information content (AvgIpc) is 3.09. The van der Waals surface area contributed by atoms with Crippen molar-refractivity contribution in [3.05, 3.63) is 83.9 Å². The number of nitrogens with zero attached hydrogens (tertiary/aromatic N) is 2. The zero-order valence-electron chi connectivity index (χ0n) is 12.7. The van der Waals surface area contributed by atoms with Crippen LogP contribution in [0.4, 0.5) is 8.78 Å². The molecule has 4 aromatic rings. The van der Waals surface area contributed by atoms with Crippen molar-refractivity contribution in [1.29, 1.82) is 0 Å². The Labute approximate surface area is 137 Å². The summed E-state index contributed by atoms with van der Waals surface area (Å²) in [6.07, 6.45) is 0. The zero-order chi connectivity index (χ0) is 16.3. The van der Waals surface area contributed by atoms with E-state index in [0.29, 0.717) is 17.7 Å². The number of aromatic nitrogens is 2. The third-order valence-electron chi connectivity index (χ3n) is 4.58. The average molecular weight is 319 g/mol. The molecule has 24 heavy (non-hydrogen) atoms. The third kappa shape index (κ3) is 1.71. The van der Waals surface area contributed by atoms with Crippen molar-refractivity contribution in [2.24, 2.45) is 0 Å². The third-order valence-corrected chi connectivity index (χ3v) is 4.58. The largest absolute Gasteiger partial charge is 0.298 e. The van der Waals surface area contributed by atoms with Gasteiger partial charge >= 0.3 is 0 Å². The van der Waals surface area contributed by atoms with Gasteiger partial charge in [-0.1, -0.05) is 30.3 Å². The van der Waals surface area contributed by atoms with E-state index in [9.17, 15) is 8.78 Å². The Morgan fingerprint density at radius 2 is 1.62 bits per heavy atom. The van der Waals surface area contributed by atoms with Crippen LogP contribution in [0.3, 0.4) is 0 Å². The number of para-hydroxylation sites is 3. The molecule has 3 aromatic carbocycles. The van der Waals surface area contributed by atoms with Gasteiger partial charge in [0.15, 0.2) is 11.0 Å². The van der Waals surface area contributed by atoms with Gasteiger partial charge in [-0.15, -0.1) is 0 Å². The van der Waals surface area contributed by atoms with E-state index in [2.05, 4.69) is 4.57 Å². The van der Waals surface area contributed by atoms with Gasteiger partial charge < -0.3 is 0 Å². The molecule has 0 fully saturated rings. The number of hydrogen-bond acceptors (Lipinski definition) is 0. The Hall–Kier alpha value is -3.01. The van der Waals surface area contributed by atoms with Crippen molar-refractivity contribution in [3.63, 3.8) is 0 Å². The van der Waals surface area contributed by atoms with Crippen LogP contribution in [-0.2, 0) is 6.54 Å². The van der Waals surface area contributed by atoms with Crippen molar-refractivity contribution in [2.45, 2.75) is 6.54 Å². The molecule has 0 saturated heterocycles. The Morgan fingerprint density at radius 1 is 0.875 bits per heavy atom. The highest BCUT2D eigenvalue weighted by molar-refractivity contribution is 5.80. The summed E-state index contributed by atoms with van der Waals surface area (Å²) < 4.78 is 32.3. The van der Waals surface area contributed by atoms with Crippen molar-refractivity contribution < 1.29 is 13.3 Å². The van der Waals surface area contributed by atoms with Crippen LogP contribution < -0.4 is 4.57 Å². The van der Waals surface area contributed by atoms with Gasteiger partial charge in [0.25, 0.3) is 5.82 Å². The molecule has 2 nitrogen and oxygen atoms in total. The second-order valence-corrected chi connectivity index (χ2v) is 5.99. The molecule has 2 heterocycles. The van der Waals surface area contributed by atoms with E-state index in [1.54, 1.807) is 0 Å². The van der Waals surface area contributed by atoms with Crippen LogP contribution in [0.2, 0.25) is 0 Å². The van der Waals surface area contributed by atoms with E-state index in [1.807, 2.05) is 59.2 Å². The maximum atomic E-state index is 14.6. The van der Waals surface area contributed by atoms with E-state index in [1.165, 1.54) is 6.07 Å². The predicted octanol–water partition coefficient (Wildman–Crippen LogP) is 4.22. The van der Waals surface area contributed by atoms with Crippen molar-refractivity contribution >= 4 is 11.0 Å². The second-order valence-electron chi connectivity index (χ2n) is 5.99. The normalized spacial score (nSPS) is 12.4. The van der Waals surface area contributed by atoms with Crippen LogP contribution in [0, 0.1) is 11.6 Å². The van der Waals surface area contributed by atoms with Gasteiger partial charge in [0.1, 0.15) is 29.4 Å². The molecular formula is C20H13F2N2+. The van der Waals surface area contributed by atoms with E-state index in [-0.39, 0.29) is 0 Å². The Morgan fingerprint density at radius 3 is 2.46 bits per heavy atom. The molecule has 0 N–H and O–H groups in total. The first-order chi connectivity index (χ1) is 11.7.